The van der Waals surface area contributed by atoms with Crippen LogP contribution in [0.5, 0.6) is 0 Å². The van der Waals surface area contributed by atoms with Crippen molar-refractivity contribution in [3.8, 4) is 0 Å². The molecule has 1 aromatic carbocycles. The van der Waals surface area contributed by atoms with Gasteiger partial charge in [0.2, 0.25) is 0 Å². The number of carboxylic acids is 1. The Morgan fingerprint density at radius 3 is 2.65 bits per heavy atom. The second-order valence-corrected chi connectivity index (χ2v) is 5.95. The molecule has 0 aromatic heterocycles. The lowest BCUT2D eigenvalue weighted by Crippen LogP contribution is -2.53. The van der Waals surface area contributed by atoms with Crippen LogP contribution in [0.2, 0.25) is 0 Å². The summed E-state index contributed by atoms with van der Waals surface area (Å²) < 4.78 is 1.71. The fourth-order valence-electron chi connectivity index (χ4n) is 1.63. The van der Waals surface area contributed by atoms with Gasteiger partial charge in [0.25, 0.3) is 5.91 Å². The SMILES string of the molecule is O=C(O)C1CN(C(=O)c2cc(Br)ccc2I)C1. The molecular weight excluding hydrogens is 401 g/mol. The number of carbonyl (C=O) groups excluding carboxylic acids is 1. The Kier molecular flexibility index (Phi) is 3.72. The van der Waals surface area contributed by atoms with Crippen LogP contribution in [0.4, 0.5) is 0 Å². The summed E-state index contributed by atoms with van der Waals surface area (Å²) in [6.07, 6.45) is 0. The van der Waals surface area contributed by atoms with Crippen LogP contribution in [0.1, 0.15) is 10.4 Å². The van der Waals surface area contributed by atoms with Gasteiger partial charge >= 0.3 is 5.97 Å². The van der Waals surface area contributed by atoms with E-state index in [-0.39, 0.29) is 5.91 Å². The van der Waals surface area contributed by atoms with Gasteiger partial charge in [0.1, 0.15) is 0 Å². The third-order valence-electron chi connectivity index (χ3n) is 2.68. The van der Waals surface area contributed by atoms with Crippen molar-refractivity contribution in [1.82, 2.24) is 4.90 Å². The van der Waals surface area contributed by atoms with E-state index in [2.05, 4.69) is 38.5 Å². The highest BCUT2D eigenvalue weighted by Gasteiger charge is 2.36. The molecule has 90 valence electrons. The van der Waals surface area contributed by atoms with E-state index < -0.39 is 11.9 Å². The van der Waals surface area contributed by atoms with Crippen molar-refractivity contribution < 1.29 is 14.7 Å². The van der Waals surface area contributed by atoms with Crippen molar-refractivity contribution in [2.45, 2.75) is 0 Å². The number of amides is 1. The highest BCUT2D eigenvalue weighted by atomic mass is 127. The minimum absolute atomic E-state index is 0.104. The summed E-state index contributed by atoms with van der Waals surface area (Å²) in [5.74, 6) is -1.35. The van der Waals surface area contributed by atoms with E-state index in [1.165, 1.54) is 0 Å². The van der Waals surface area contributed by atoms with Gasteiger partial charge in [-0.15, -0.1) is 0 Å². The van der Waals surface area contributed by atoms with Crippen LogP contribution in [0.15, 0.2) is 22.7 Å². The summed E-state index contributed by atoms with van der Waals surface area (Å²) in [7, 11) is 0. The monoisotopic (exact) mass is 409 g/mol. The number of carboxylic acid groups (broad SMARTS) is 1. The predicted octanol–water partition coefficient (Wildman–Crippen LogP) is 2.21. The van der Waals surface area contributed by atoms with Crippen molar-refractivity contribution in [2.24, 2.45) is 5.92 Å². The van der Waals surface area contributed by atoms with Gasteiger partial charge in [0.05, 0.1) is 11.5 Å². The van der Waals surface area contributed by atoms with Crippen molar-refractivity contribution in [3.63, 3.8) is 0 Å². The average Bonchev–Trinajstić information content (AvgIpc) is 2.18. The zero-order chi connectivity index (χ0) is 12.6. The van der Waals surface area contributed by atoms with Crippen molar-refractivity contribution in [1.29, 1.82) is 0 Å². The molecule has 17 heavy (non-hydrogen) atoms. The molecule has 0 spiro atoms. The van der Waals surface area contributed by atoms with Crippen LogP contribution in [0, 0.1) is 9.49 Å². The number of benzene rings is 1. The number of nitrogens with zero attached hydrogens (tertiary/aromatic N) is 1. The maximum Gasteiger partial charge on any atom is 0.310 e. The number of hydrogen-bond acceptors (Lipinski definition) is 2. The Balaban J connectivity index is 2.11. The van der Waals surface area contributed by atoms with E-state index in [9.17, 15) is 9.59 Å². The lowest BCUT2D eigenvalue weighted by atomic mass is 9.99. The van der Waals surface area contributed by atoms with Crippen molar-refractivity contribution >= 4 is 50.4 Å². The fourth-order valence-corrected chi connectivity index (χ4v) is 2.56. The van der Waals surface area contributed by atoms with E-state index in [1.54, 1.807) is 11.0 Å². The Bertz CT molecular complexity index is 486. The fraction of sp³-hybridized carbons (Fsp3) is 0.273. The number of rotatable bonds is 2. The van der Waals surface area contributed by atoms with E-state index >= 15 is 0 Å². The van der Waals surface area contributed by atoms with Gasteiger partial charge in [-0.2, -0.15) is 0 Å². The van der Waals surface area contributed by atoms with E-state index in [0.717, 1.165) is 8.04 Å². The molecule has 1 aliphatic rings. The molecule has 0 saturated carbocycles. The molecule has 4 nitrogen and oxygen atoms in total. The molecule has 1 saturated heterocycles. The molecule has 0 radical (unpaired) electrons. The lowest BCUT2D eigenvalue weighted by molar-refractivity contribution is -0.146. The van der Waals surface area contributed by atoms with Crippen LogP contribution in [-0.2, 0) is 4.79 Å². The first-order valence-corrected chi connectivity index (χ1v) is 6.83. The quantitative estimate of drug-likeness (QED) is 0.762. The average molecular weight is 410 g/mol. The molecule has 0 aliphatic carbocycles. The van der Waals surface area contributed by atoms with E-state index in [0.29, 0.717) is 18.7 Å². The first-order chi connectivity index (χ1) is 7.99. The minimum atomic E-state index is -0.835. The first-order valence-electron chi connectivity index (χ1n) is 4.96. The van der Waals surface area contributed by atoms with Gasteiger partial charge in [0, 0.05) is 21.1 Å². The molecule has 2 rings (SSSR count). The Hall–Kier alpha value is -0.630. The molecular formula is C11H9BrINO3. The molecule has 1 aromatic rings. The van der Waals surface area contributed by atoms with Crippen LogP contribution >= 0.6 is 38.5 Å². The molecule has 6 heteroatoms. The number of hydrogen-bond donors (Lipinski definition) is 1. The number of carbonyl (C=O) groups is 2. The first kappa shape index (κ1) is 12.8. The second kappa shape index (κ2) is 4.93. The molecule has 1 N–H and O–H groups in total. The number of likely N-dealkylation sites (tertiary alicyclic amines) is 1. The second-order valence-electron chi connectivity index (χ2n) is 3.87. The van der Waals surface area contributed by atoms with Gasteiger partial charge in [0.15, 0.2) is 0 Å². The normalized spacial score (nSPS) is 15.5. The lowest BCUT2D eigenvalue weighted by Gasteiger charge is -2.36. The van der Waals surface area contributed by atoms with Crippen molar-refractivity contribution in [3.05, 3.63) is 31.8 Å². The highest BCUT2D eigenvalue weighted by Crippen LogP contribution is 2.24. The summed E-state index contributed by atoms with van der Waals surface area (Å²) in [6, 6.07) is 5.49. The summed E-state index contributed by atoms with van der Waals surface area (Å²) in [5, 5.41) is 8.76. The molecule has 1 heterocycles. The predicted molar refractivity (Wildman–Crippen MR) is 73.9 cm³/mol. The molecule has 1 amide bonds. The summed E-state index contributed by atoms with van der Waals surface area (Å²) in [4.78, 5) is 24.3. The standard InChI is InChI=1S/C11H9BrINO3/c12-7-1-2-9(13)8(3-7)10(15)14-4-6(5-14)11(16)17/h1-3,6H,4-5H2,(H,16,17). The summed E-state index contributed by atoms with van der Waals surface area (Å²) in [6.45, 7) is 0.605. The molecule has 0 unspecified atom stereocenters. The molecule has 1 aliphatic heterocycles. The van der Waals surface area contributed by atoms with Crippen LogP contribution < -0.4 is 0 Å². The summed E-state index contributed by atoms with van der Waals surface area (Å²) >= 11 is 5.42. The highest BCUT2D eigenvalue weighted by molar-refractivity contribution is 14.1. The molecule has 1 fully saturated rings. The third-order valence-corrected chi connectivity index (χ3v) is 4.11. The zero-order valence-corrected chi connectivity index (χ0v) is 12.4. The third kappa shape index (κ3) is 2.62. The minimum Gasteiger partial charge on any atom is -0.481 e. The largest absolute Gasteiger partial charge is 0.481 e. The smallest absolute Gasteiger partial charge is 0.310 e. The Morgan fingerprint density at radius 2 is 2.06 bits per heavy atom. The summed E-state index contributed by atoms with van der Waals surface area (Å²) in [5.41, 5.74) is 0.615. The maximum atomic E-state index is 12.1. The van der Waals surface area contributed by atoms with E-state index in [4.69, 9.17) is 5.11 Å². The topological polar surface area (TPSA) is 57.6 Å². The molecule has 0 bridgehead atoms. The van der Waals surface area contributed by atoms with Gasteiger partial charge in [-0.05, 0) is 40.8 Å². The van der Waals surface area contributed by atoms with Gasteiger partial charge in [-0.3, -0.25) is 9.59 Å². The number of halogens is 2. The number of aliphatic carboxylic acids is 1. The Labute approximate surface area is 120 Å². The van der Waals surface area contributed by atoms with Crippen molar-refractivity contribution in [2.75, 3.05) is 13.1 Å². The molecule has 0 atom stereocenters. The zero-order valence-electron chi connectivity index (χ0n) is 8.69. The van der Waals surface area contributed by atoms with Gasteiger partial charge < -0.3 is 10.0 Å². The van der Waals surface area contributed by atoms with Gasteiger partial charge in [-0.25, -0.2) is 0 Å². The van der Waals surface area contributed by atoms with E-state index in [1.807, 2.05) is 12.1 Å². The Morgan fingerprint density at radius 1 is 1.41 bits per heavy atom. The van der Waals surface area contributed by atoms with Crippen LogP contribution in [0.25, 0.3) is 0 Å². The maximum absolute atomic E-state index is 12.1. The van der Waals surface area contributed by atoms with Crippen LogP contribution in [0.3, 0.4) is 0 Å². The van der Waals surface area contributed by atoms with Gasteiger partial charge in [-0.1, -0.05) is 15.9 Å². The van der Waals surface area contributed by atoms with Crippen LogP contribution in [-0.4, -0.2) is 35.0 Å².